The van der Waals surface area contributed by atoms with Crippen LogP contribution in [0.1, 0.15) is 15.9 Å². The van der Waals surface area contributed by atoms with Crippen LogP contribution in [0.25, 0.3) is 11.0 Å². The summed E-state index contributed by atoms with van der Waals surface area (Å²) >= 11 is 0. The molecule has 0 bridgehead atoms. The molecule has 0 spiro atoms. The third-order valence-corrected chi connectivity index (χ3v) is 3.33. The minimum atomic E-state index is -0.644. The van der Waals surface area contributed by atoms with Gasteiger partial charge in [-0.2, -0.15) is 0 Å². The van der Waals surface area contributed by atoms with E-state index in [1.807, 2.05) is 0 Å². The lowest BCUT2D eigenvalue weighted by Gasteiger charge is -2.04. The minimum absolute atomic E-state index is 0.0431. The summed E-state index contributed by atoms with van der Waals surface area (Å²) in [6, 6.07) is 10.2. The van der Waals surface area contributed by atoms with Gasteiger partial charge >= 0.3 is 5.63 Å². The monoisotopic (exact) mass is 295 g/mol. The minimum Gasteiger partial charge on any atom is -0.497 e. The highest BCUT2D eigenvalue weighted by Crippen LogP contribution is 2.20. The van der Waals surface area contributed by atoms with Crippen molar-refractivity contribution in [1.82, 2.24) is 4.98 Å². The number of ether oxygens (including phenoxy) is 1. The molecule has 0 atom stereocenters. The second-order valence-corrected chi connectivity index (χ2v) is 4.81. The Hall–Kier alpha value is -2.95. The summed E-state index contributed by atoms with van der Waals surface area (Å²) in [7, 11) is 1.53. The van der Waals surface area contributed by atoms with Crippen LogP contribution < -0.4 is 10.4 Å². The van der Waals surface area contributed by atoms with Crippen molar-refractivity contribution in [2.75, 3.05) is 7.11 Å². The Labute approximate surface area is 126 Å². The highest BCUT2D eigenvalue weighted by atomic mass is 16.5. The third-order valence-electron chi connectivity index (χ3n) is 3.33. The van der Waals surface area contributed by atoms with Crippen LogP contribution in [0.2, 0.25) is 0 Å². The van der Waals surface area contributed by atoms with Gasteiger partial charge in [0.2, 0.25) is 0 Å². The van der Waals surface area contributed by atoms with Crippen molar-refractivity contribution in [1.29, 1.82) is 0 Å². The zero-order valence-electron chi connectivity index (χ0n) is 11.9. The number of rotatable bonds is 4. The van der Waals surface area contributed by atoms with Gasteiger partial charge in [0.05, 0.1) is 7.11 Å². The summed E-state index contributed by atoms with van der Waals surface area (Å²) in [5.41, 5.74) is 0.542. The zero-order chi connectivity index (χ0) is 15.5. The number of pyridine rings is 1. The SMILES string of the molecule is COc1ccc2cc(C(=O)Cc3cccnc3)c(=O)oc2c1. The number of fused-ring (bicyclic) bond motifs is 1. The van der Waals surface area contributed by atoms with Crippen LogP contribution in [0.5, 0.6) is 5.75 Å². The van der Waals surface area contributed by atoms with E-state index >= 15 is 0 Å². The fourth-order valence-corrected chi connectivity index (χ4v) is 2.20. The van der Waals surface area contributed by atoms with Crippen molar-refractivity contribution in [3.63, 3.8) is 0 Å². The molecule has 0 unspecified atom stereocenters. The molecule has 5 nitrogen and oxygen atoms in total. The van der Waals surface area contributed by atoms with E-state index < -0.39 is 5.63 Å². The number of hydrogen-bond donors (Lipinski definition) is 0. The fraction of sp³-hybridized carbons (Fsp3) is 0.118. The molecule has 0 amide bonds. The molecular weight excluding hydrogens is 282 g/mol. The number of benzene rings is 1. The maximum absolute atomic E-state index is 12.3. The number of Topliss-reactive ketones (excluding diaryl/α,β-unsaturated/α-hetero) is 1. The predicted octanol–water partition coefficient (Wildman–Crippen LogP) is 2.62. The first-order chi connectivity index (χ1) is 10.7. The Morgan fingerprint density at radius 2 is 2.14 bits per heavy atom. The first-order valence-corrected chi connectivity index (χ1v) is 6.71. The van der Waals surface area contributed by atoms with E-state index in [4.69, 9.17) is 9.15 Å². The van der Waals surface area contributed by atoms with Crippen molar-refractivity contribution in [3.05, 3.63) is 70.3 Å². The molecule has 0 N–H and O–H groups in total. The second-order valence-electron chi connectivity index (χ2n) is 4.81. The highest BCUT2D eigenvalue weighted by Gasteiger charge is 2.14. The van der Waals surface area contributed by atoms with Crippen LogP contribution in [0, 0.1) is 0 Å². The van der Waals surface area contributed by atoms with Crippen LogP contribution in [-0.4, -0.2) is 17.9 Å². The molecule has 0 aliphatic rings. The van der Waals surface area contributed by atoms with Gasteiger partial charge in [-0.3, -0.25) is 9.78 Å². The van der Waals surface area contributed by atoms with Gasteiger partial charge in [-0.25, -0.2) is 4.79 Å². The average Bonchev–Trinajstić information content (AvgIpc) is 2.54. The molecule has 0 aliphatic carbocycles. The van der Waals surface area contributed by atoms with E-state index in [2.05, 4.69) is 4.98 Å². The maximum Gasteiger partial charge on any atom is 0.347 e. The van der Waals surface area contributed by atoms with Crippen molar-refractivity contribution >= 4 is 16.8 Å². The molecule has 0 saturated heterocycles. The average molecular weight is 295 g/mol. The van der Waals surface area contributed by atoms with Crippen LogP contribution in [0.4, 0.5) is 0 Å². The summed E-state index contributed by atoms with van der Waals surface area (Å²) in [5.74, 6) is 0.296. The Morgan fingerprint density at radius 1 is 1.27 bits per heavy atom. The molecule has 22 heavy (non-hydrogen) atoms. The number of carbonyl (C=O) groups excluding carboxylic acids is 1. The first kappa shape index (κ1) is 14.0. The van der Waals surface area contributed by atoms with Crippen LogP contribution in [-0.2, 0) is 6.42 Å². The summed E-state index contributed by atoms with van der Waals surface area (Å²) in [4.78, 5) is 28.3. The number of methoxy groups -OCH3 is 1. The number of carbonyl (C=O) groups is 1. The van der Waals surface area contributed by atoms with E-state index in [1.165, 1.54) is 7.11 Å². The van der Waals surface area contributed by atoms with Gasteiger partial charge < -0.3 is 9.15 Å². The normalized spacial score (nSPS) is 10.6. The summed E-state index contributed by atoms with van der Waals surface area (Å²) in [6.45, 7) is 0. The van der Waals surface area contributed by atoms with Crippen molar-refractivity contribution in [2.24, 2.45) is 0 Å². The lowest BCUT2D eigenvalue weighted by atomic mass is 10.0. The molecule has 3 rings (SSSR count). The van der Waals surface area contributed by atoms with Gasteiger partial charge in [0.1, 0.15) is 16.9 Å². The van der Waals surface area contributed by atoms with Crippen molar-refractivity contribution < 1.29 is 13.9 Å². The van der Waals surface area contributed by atoms with Crippen molar-refractivity contribution in [2.45, 2.75) is 6.42 Å². The predicted molar refractivity (Wildman–Crippen MR) is 81.3 cm³/mol. The van der Waals surface area contributed by atoms with Gasteiger partial charge in [-0.05, 0) is 29.8 Å². The zero-order valence-corrected chi connectivity index (χ0v) is 11.9. The van der Waals surface area contributed by atoms with E-state index in [-0.39, 0.29) is 17.8 Å². The topological polar surface area (TPSA) is 69.4 Å². The molecule has 0 radical (unpaired) electrons. The summed E-state index contributed by atoms with van der Waals surface area (Å²) in [6.07, 6.45) is 3.34. The largest absolute Gasteiger partial charge is 0.497 e. The lowest BCUT2D eigenvalue weighted by Crippen LogP contribution is -2.15. The third kappa shape index (κ3) is 2.74. The molecule has 2 heterocycles. The van der Waals surface area contributed by atoms with E-state index in [0.717, 1.165) is 5.56 Å². The molecule has 0 saturated carbocycles. The van der Waals surface area contributed by atoms with Gasteiger partial charge in [0, 0.05) is 30.3 Å². The lowest BCUT2D eigenvalue weighted by molar-refractivity contribution is 0.0989. The van der Waals surface area contributed by atoms with Crippen molar-refractivity contribution in [3.8, 4) is 5.75 Å². The van der Waals surface area contributed by atoms with Gasteiger partial charge in [0.15, 0.2) is 5.78 Å². The van der Waals surface area contributed by atoms with Gasteiger partial charge in [-0.15, -0.1) is 0 Å². The standard InChI is InChI=1S/C17H13NO4/c1-21-13-5-4-12-8-14(17(20)22-16(12)9-13)15(19)7-11-3-2-6-18-10-11/h2-6,8-10H,7H2,1H3. The second kappa shape index (κ2) is 5.81. The highest BCUT2D eigenvalue weighted by molar-refractivity contribution is 5.99. The van der Waals surface area contributed by atoms with E-state index in [1.54, 1.807) is 48.8 Å². The Morgan fingerprint density at radius 3 is 2.86 bits per heavy atom. The number of ketones is 1. The molecule has 5 heteroatoms. The fourth-order valence-electron chi connectivity index (χ4n) is 2.20. The van der Waals surface area contributed by atoms with Crippen LogP contribution >= 0.6 is 0 Å². The Bertz CT molecular complexity index is 884. The molecule has 3 aromatic rings. The smallest absolute Gasteiger partial charge is 0.347 e. The quantitative estimate of drug-likeness (QED) is 0.546. The van der Waals surface area contributed by atoms with E-state index in [9.17, 15) is 9.59 Å². The molecular formula is C17H13NO4. The van der Waals surface area contributed by atoms with Gasteiger partial charge in [0.25, 0.3) is 0 Å². The first-order valence-electron chi connectivity index (χ1n) is 6.71. The summed E-state index contributed by atoms with van der Waals surface area (Å²) in [5, 5.41) is 0.676. The van der Waals surface area contributed by atoms with Crippen LogP contribution in [0.15, 0.2) is 58.0 Å². The number of aromatic nitrogens is 1. The number of hydrogen-bond acceptors (Lipinski definition) is 5. The van der Waals surface area contributed by atoms with Crippen LogP contribution in [0.3, 0.4) is 0 Å². The summed E-state index contributed by atoms with van der Waals surface area (Å²) < 4.78 is 10.3. The number of nitrogens with zero attached hydrogens (tertiary/aromatic N) is 1. The Kier molecular flexibility index (Phi) is 3.70. The molecule has 1 aromatic carbocycles. The Balaban J connectivity index is 1.98. The molecule has 110 valence electrons. The molecule has 0 aliphatic heterocycles. The van der Waals surface area contributed by atoms with E-state index in [0.29, 0.717) is 16.7 Å². The maximum atomic E-state index is 12.3. The van der Waals surface area contributed by atoms with Gasteiger partial charge in [-0.1, -0.05) is 6.07 Å². The molecule has 2 aromatic heterocycles. The molecule has 0 fully saturated rings.